The first-order valence-corrected chi connectivity index (χ1v) is 15.5. The lowest BCUT2D eigenvalue weighted by atomic mass is 9.45. The third-order valence-corrected chi connectivity index (χ3v) is 10.4. The zero-order chi connectivity index (χ0) is 25.8. The van der Waals surface area contributed by atoms with Crippen LogP contribution in [0.3, 0.4) is 0 Å². The molecule has 7 unspecified atom stereocenters. The number of carbonyl (C=O) groups excluding carboxylic acids is 1. The van der Waals surface area contributed by atoms with E-state index in [9.17, 15) is 4.79 Å². The molecule has 202 valence electrons. The molecule has 0 bridgehead atoms. The van der Waals surface area contributed by atoms with E-state index in [1.165, 1.54) is 90.6 Å². The molecule has 0 radical (unpaired) electrons. The predicted octanol–water partition coefficient (Wildman–Crippen LogP) is 10.2. The van der Waals surface area contributed by atoms with Gasteiger partial charge in [0, 0.05) is 6.42 Å². The van der Waals surface area contributed by atoms with Gasteiger partial charge in [-0.1, -0.05) is 81.1 Å². The Balaban J connectivity index is 0.000000644. The quantitative estimate of drug-likeness (QED) is 0.367. The third-order valence-electron chi connectivity index (χ3n) is 10.4. The minimum atomic E-state index is -0.0306. The Hall–Kier alpha value is -0.530. The summed E-state index contributed by atoms with van der Waals surface area (Å²) in [6.07, 6.45) is 20.3. The first-order valence-electron chi connectivity index (χ1n) is 15.5. The normalized spacial score (nSPS) is 37.6. The summed E-state index contributed by atoms with van der Waals surface area (Å²) in [6.45, 7) is 17.7. The molecule has 0 aromatic heterocycles. The maximum atomic E-state index is 11.5. The summed E-state index contributed by atoms with van der Waals surface area (Å²) in [7, 11) is 1.51. The topological polar surface area (TPSA) is 26.3 Å². The highest BCUT2D eigenvalue weighted by molar-refractivity contribution is 5.68. The molecule has 0 saturated heterocycles. The van der Waals surface area contributed by atoms with E-state index in [1.807, 2.05) is 27.7 Å². The molecule has 0 aromatic rings. The Morgan fingerprint density at radius 2 is 1.44 bits per heavy atom. The highest BCUT2D eigenvalue weighted by atomic mass is 16.5. The van der Waals surface area contributed by atoms with E-state index in [1.54, 1.807) is 0 Å². The molecule has 34 heavy (non-hydrogen) atoms. The molecule has 2 nitrogen and oxygen atoms in total. The van der Waals surface area contributed by atoms with E-state index in [0.717, 1.165) is 36.0 Å². The van der Waals surface area contributed by atoms with Crippen molar-refractivity contribution in [3.8, 4) is 0 Å². The Morgan fingerprint density at radius 3 is 2.06 bits per heavy atom. The molecule has 4 aliphatic rings. The summed E-state index contributed by atoms with van der Waals surface area (Å²) in [6, 6.07) is 0. The number of unbranched alkanes of at least 4 members (excludes halogenated alkanes) is 1. The van der Waals surface area contributed by atoms with Gasteiger partial charge in [-0.25, -0.2) is 0 Å². The van der Waals surface area contributed by atoms with Crippen molar-refractivity contribution in [3.05, 3.63) is 0 Å². The van der Waals surface area contributed by atoms with E-state index in [4.69, 9.17) is 4.74 Å². The Bertz CT molecular complexity index is 555. The lowest BCUT2D eigenvalue weighted by Gasteiger charge is -2.60. The maximum absolute atomic E-state index is 11.5. The van der Waals surface area contributed by atoms with Gasteiger partial charge in [0.05, 0.1) is 7.11 Å². The van der Waals surface area contributed by atoms with Gasteiger partial charge >= 0.3 is 5.97 Å². The van der Waals surface area contributed by atoms with Gasteiger partial charge in [-0.3, -0.25) is 4.79 Å². The molecule has 4 fully saturated rings. The van der Waals surface area contributed by atoms with Crippen LogP contribution >= 0.6 is 0 Å². The number of carbonyl (C=O) groups is 1. The molecule has 0 aromatic carbocycles. The summed E-state index contributed by atoms with van der Waals surface area (Å²) >= 11 is 0. The Kier molecular flexibility index (Phi) is 14.4. The molecule has 0 amide bonds. The fourth-order valence-electron chi connectivity index (χ4n) is 8.47. The number of ether oxygens (including phenoxy) is 1. The fourth-order valence-corrected chi connectivity index (χ4v) is 8.47. The number of hydrogen-bond acceptors (Lipinski definition) is 2. The van der Waals surface area contributed by atoms with E-state index >= 15 is 0 Å². The average molecular weight is 479 g/mol. The van der Waals surface area contributed by atoms with Crippen molar-refractivity contribution < 1.29 is 9.53 Å². The largest absolute Gasteiger partial charge is 0.469 e. The first-order chi connectivity index (χ1) is 16.4. The lowest BCUT2D eigenvalue weighted by Crippen LogP contribution is -2.52. The van der Waals surface area contributed by atoms with Crippen LogP contribution in [0.4, 0.5) is 0 Å². The number of methoxy groups -OCH3 is 1. The second-order valence-electron chi connectivity index (χ2n) is 11.7. The first kappa shape index (κ1) is 31.5. The smallest absolute Gasteiger partial charge is 0.305 e. The van der Waals surface area contributed by atoms with Crippen LogP contribution in [-0.4, -0.2) is 13.1 Å². The van der Waals surface area contributed by atoms with Gasteiger partial charge in [-0.05, 0) is 105 Å². The highest BCUT2D eigenvalue weighted by Gasteiger charge is 2.59. The van der Waals surface area contributed by atoms with Crippen molar-refractivity contribution in [1.82, 2.24) is 0 Å². The van der Waals surface area contributed by atoms with Crippen LogP contribution in [0.2, 0.25) is 0 Å². The molecule has 0 spiro atoms. The molecule has 7 atom stereocenters. The lowest BCUT2D eigenvalue weighted by molar-refractivity contribution is -0.140. The average Bonchev–Trinajstić information content (AvgIpc) is 3.22. The SMILES string of the molecule is CC.CC.CCCC.COC(=O)CCCC1CCC2C3CCC4CCCCC4(C)C3CCC12C. The molecule has 4 saturated carbocycles. The fraction of sp³-hybridized carbons (Fsp3) is 0.969. The zero-order valence-corrected chi connectivity index (χ0v) is 24.8. The van der Waals surface area contributed by atoms with Crippen LogP contribution in [-0.2, 0) is 9.53 Å². The second-order valence-corrected chi connectivity index (χ2v) is 11.7. The van der Waals surface area contributed by atoms with E-state index in [-0.39, 0.29) is 5.97 Å². The summed E-state index contributed by atoms with van der Waals surface area (Å²) in [5.74, 6) is 4.81. The molecule has 0 heterocycles. The van der Waals surface area contributed by atoms with Crippen molar-refractivity contribution in [2.45, 2.75) is 152 Å². The van der Waals surface area contributed by atoms with Gasteiger partial charge < -0.3 is 4.74 Å². The predicted molar refractivity (Wildman–Crippen MR) is 149 cm³/mol. The third kappa shape index (κ3) is 7.03. The standard InChI is InChI=1S/C24H40O2.C4H10.2C2H6/c1-23-15-5-4-7-17(23)10-12-19-20-13-11-18(8-6-9-22(25)26-3)24(20,2)16-14-21(19)23;1-3-4-2;2*1-2/h17-21H,4-16H2,1-3H3;3-4H2,1-2H3;2*1-2H3. The van der Waals surface area contributed by atoms with Crippen molar-refractivity contribution in [2.75, 3.05) is 7.11 Å². The minimum Gasteiger partial charge on any atom is -0.469 e. The molecular weight excluding hydrogens is 416 g/mol. The number of fused-ring (bicyclic) bond motifs is 5. The number of hydrogen-bond donors (Lipinski definition) is 0. The molecule has 0 aliphatic heterocycles. The Morgan fingerprint density at radius 1 is 0.794 bits per heavy atom. The van der Waals surface area contributed by atoms with Crippen molar-refractivity contribution in [3.63, 3.8) is 0 Å². The summed E-state index contributed by atoms with van der Waals surface area (Å²) in [5.41, 5.74) is 1.21. The van der Waals surface area contributed by atoms with E-state index < -0.39 is 0 Å². The van der Waals surface area contributed by atoms with Gasteiger partial charge in [0.15, 0.2) is 0 Å². The second kappa shape index (κ2) is 15.6. The van der Waals surface area contributed by atoms with Crippen LogP contribution in [0.25, 0.3) is 0 Å². The molecule has 4 aliphatic carbocycles. The van der Waals surface area contributed by atoms with Crippen molar-refractivity contribution in [2.24, 2.45) is 40.4 Å². The van der Waals surface area contributed by atoms with Crippen molar-refractivity contribution in [1.29, 1.82) is 0 Å². The van der Waals surface area contributed by atoms with Crippen LogP contribution in [0.5, 0.6) is 0 Å². The zero-order valence-electron chi connectivity index (χ0n) is 24.8. The van der Waals surface area contributed by atoms with E-state index in [2.05, 4.69) is 27.7 Å². The molecule has 4 rings (SSSR count). The van der Waals surface area contributed by atoms with Crippen LogP contribution in [0, 0.1) is 40.4 Å². The number of rotatable bonds is 5. The van der Waals surface area contributed by atoms with Crippen LogP contribution in [0.1, 0.15) is 152 Å². The molecule has 2 heteroatoms. The summed E-state index contributed by atoms with van der Waals surface area (Å²) < 4.78 is 4.84. The van der Waals surface area contributed by atoms with Gasteiger partial charge in [-0.15, -0.1) is 0 Å². The van der Waals surface area contributed by atoms with Gasteiger partial charge in [-0.2, -0.15) is 0 Å². The van der Waals surface area contributed by atoms with Gasteiger partial charge in [0.2, 0.25) is 0 Å². The number of esters is 1. The van der Waals surface area contributed by atoms with Crippen molar-refractivity contribution >= 4 is 5.97 Å². The Labute approximate surface area is 214 Å². The molecular formula is C32H62O2. The van der Waals surface area contributed by atoms with Gasteiger partial charge in [0.25, 0.3) is 0 Å². The monoisotopic (exact) mass is 478 g/mol. The summed E-state index contributed by atoms with van der Waals surface area (Å²) in [4.78, 5) is 11.5. The summed E-state index contributed by atoms with van der Waals surface area (Å²) in [5, 5.41) is 0. The maximum Gasteiger partial charge on any atom is 0.305 e. The molecule has 0 N–H and O–H groups in total. The highest BCUT2D eigenvalue weighted by Crippen LogP contribution is 2.67. The van der Waals surface area contributed by atoms with E-state index in [0.29, 0.717) is 17.3 Å². The van der Waals surface area contributed by atoms with Gasteiger partial charge in [0.1, 0.15) is 0 Å². The van der Waals surface area contributed by atoms with Crippen LogP contribution < -0.4 is 0 Å². The minimum absolute atomic E-state index is 0.0306. The van der Waals surface area contributed by atoms with Crippen LogP contribution in [0.15, 0.2) is 0 Å².